The van der Waals surface area contributed by atoms with Gasteiger partial charge in [0.15, 0.2) is 11.5 Å². The van der Waals surface area contributed by atoms with E-state index in [0.717, 1.165) is 11.3 Å². The molecule has 0 saturated heterocycles. The zero-order valence-corrected chi connectivity index (χ0v) is 13.6. The molecule has 3 heterocycles. The number of aryl methyl sites for hydroxylation is 2. The van der Waals surface area contributed by atoms with Crippen molar-refractivity contribution in [3.63, 3.8) is 0 Å². The fourth-order valence-electron chi connectivity index (χ4n) is 2.52. The van der Waals surface area contributed by atoms with Gasteiger partial charge in [-0.25, -0.2) is 9.78 Å². The predicted octanol–water partition coefficient (Wildman–Crippen LogP) is 1.41. The van der Waals surface area contributed by atoms with Crippen LogP contribution in [-0.4, -0.2) is 47.1 Å². The van der Waals surface area contributed by atoms with E-state index in [4.69, 9.17) is 0 Å². The molecule has 0 unspecified atom stereocenters. The summed E-state index contributed by atoms with van der Waals surface area (Å²) in [7, 11) is 3.63. The molecule has 0 amide bonds. The van der Waals surface area contributed by atoms with Crippen molar-refractivity contribution in [2.75, 3.05) is 11.9 Å². The summed E-state index contributed by atoms with van der Waals surface area (Å²) in [6.07, 6.45) is 3.29. The summed E-state index contributed by atoms with van der Waals surface area (Å²) in [5, 5.41) is 24.7. The number of hydrogen-bond donors (Lipinski definition) is 2. The fraction of sp³-hybridized carbons (Fsp3) is 0.267. The molecule has 9 nitrogen and oxygen atoms in total. The van der Waals surface area contributed by atoms with Crippen molar-refractivity contribution in [3.8, 4) is 22.6 Å². The highest BCUT2D eigenvalue weighted by molar-refractivity contribution is 5.89. The smallest absolute Gasteiger partial charge is 0.354 e. The Morgan fingerprint density at radius 3 is 2.75 bits per heavy atom. The van der Waals surface area contributed by atoms with Gasteiger partial charge in [-0.3, -0.25) is 4.68 Å². The van der Waals surface area contributed by atoms with Gasteiger partial charge < -0.3 is 15.0 Å². The van der Waals surface area contributed by atoms with E-state index >= 15 is 0 Å². The third kappa shape index (κ3) is 2.71. The predicted molar refractivity (Wildman–Crippen MR) is 87.6 cm³/mol. The molecule has 2 N–H and O–H groups in total. The van der Waals surface area contributed by atoms with Crippen LogP contribution in [0.1, 0.15) is 17.4 Å². The van der Waals surface area contributed by atoms with Crippen molar-refractivity contribution < 1.29 is 9.90 Å². The minimum absolute atomic E-state index is 0.0337. The molecule has 124 valence electrons. The van der Waals surface area contributed by atoms with E-state index < -0.39 is 5.97 Å². The Bertz CT molecular complexity index is 897. The van der Waals surface area contributed by atoms with E-state index in [1.54, 1.807) is 34.9 Å². The van der Waals surface area contributed by atoms with Gasteiger partial charge in [0.05, 0.1) is 17.5 Å². The SMILES string of the molecule is CCNc1cc(-c2c(-c3nncn3C)cnn2C)cc(C(=O)O)n1. The standard InChI is InChI=1S/C15H17N7O2/c1-4-16-12-6-9(5-11(19-12)15(23)24)13-10(7-18-22(13)3)14-20-17-8-21(14)2/h5-8H,4H2,1-3H3,(H,16,19)(H,23,24). The summed E-state index contributed by atoms with van der Waals surface area (Å²) >= 11 is 0. The molecule has 0 fully saturated rings. The minimum atomic E-state index is -1.08. The number of aromatic carboxylic acids is 1. The van der Waals surface area contributed by atoms with Crippen LogP contribution >= 0.6 is 0 Å². The van der Waals surface area contributed by atoms with Gasteiger partial charge in [0, 0.05) is 26.2 Å². The number of aromatic nitrogens is 6. The van der Waals surface area contributed by atoms with Crippen molar-refractivity contribution in [2.45, 2.75) is 6.92 Å². The lowest BCUT2D eigenvalue weighted by Gasteiger charge is -2.10. The third-order valence-corrected chi connectivity index (χ3v) is 3.57. The lowest BCUT2D eigenvalue weighted by atomic mass is 10.1. The summed E-state index contributed by atoms with van der Waals surface area (Å²) < 4.78 is 3.46. The second kappa shape index (κ2) is 6.11. The molecule has 9 heteroatoms. The highest BCUT2D eigenvalue weighted by Gasteiger charge is 2.19. The van der Waals surface area contributed by atoms with E-state index in [0.29, 0.717) is 23.8 Å². The summed E-state index contributed by atoms with van der Waals surface area (Å²) in [5.41, 5.74) is 2.17. The van der Waals surface area contributed by atoms with Crippen LogP contribution in [0.5, 0.6) is 0 Å². The quantitative estimate of drug-likeness (QED) is 0.728. The lowest BCUT2D eigenvalue weighted by molar-refractivity contribution is 0.0690. The second-order valence-corrected chi connectivity index (χ2v) is 5.26. The molecule has 0 bridgehead atoms. The number of hydrogen-bond acceptors (Lipinski definition) is 6. The van der Waals surface area contributed by atoms with E-state index in [2.05, 4.69) is 25.6 Å². The molecule has 0 aliphatic carbocycles. The van der Waals surface area contributed by atoms with Crippen LogP contribution in [0.2, 0.25) is 0 Å². The van der Waals surface area contributed by atoms with Crippen LogP contribution in [0.4, 0.5) is 5.82 Å². The van der Waals surface area contributed by atoms with Gasteiger partial charge in [-0.2, -0.15) is 5.10 Å². The van der Waals surface area contributed by atoms with Gasteiger partial charge in [-0.1, -0.05) is 0 Å². The number of anilines is 1. The Hall–Kier alpha value is -3.23. The molecule has 0 aliphatic rings. The topological polar surface area (TPSA) is 111 Å². The molecule has 3 aromatic rings. The molecule has 24 heavy (non-hydrogen) atoms. The van der Waals surface area contributed by atoms with Crippen LogP contribution in [0.3, 0.4) is 0 Å². The highest BCUT2D eigenvalue weighted by Crippen LogP contribution is 2.31. The van der Waals surface area contributed by atoms with Crippen LogP contribution < -0.4 is 5.32 Å². The summed E-state index contributed by atoms with van der Waals surface area (Å²) in [6, 6.07) is 3.33. The van der Waals surface area contributed by atoms with Gasteiger partial charge in [-0.15, -0.1) is 10.2 Å². The Balaban J connectivity index is 2.21. The number of carboxylic acid groups (broad SMARTS) is 1. The number of pyridine rings is 1. The van der Waals surface area contributed by atoms with Crippen LogP contribution in [-0.2, 0) is 14.1 Å². The molecule has 0 saturated carbocycles. The number of nitrogens with zero attached hydrogens (tertiary/aromatic N) is 6. The van der Waals surface area contributed by atoms with Crippen molar-refractivity contribution in [1.82, 2.24) is 29.5 Å². The van der Waals surface area contributed by atoms with Crippen molar-refractivity contribution in [1.29, 1.82) is 0 Å². The Morgan fingerprint density at radius 2 is 2.12 bits per heavy atom. The van der Waals surface area contributed by atoms with Gasteiger partial charge in [0.25, 0.3) is 0 Å². The average Bonchev–Trinajstić information content (AvgIpc) is 3.12. The number of nitrogens with one attached hydrogen (secondary N) is 1. The Morgan fingerprint density at radius 1 is 1.33 bits per heavy atom. The lowest BCUT2D eigenvalue weighted by Crippen LogP contribution is -2.07. The molecule has 3 rings (SSSR count). The highest BCUT2D eigenvalue weighted by atomic mass is 16.4. The number of carbonyl (C=O) groups is 1. The molecule has 0 atom stereocenters. The van der Waals surface area contributed by atoms with Crippen LogP contribution in [0, 0.1) is 0 Å². The normalized spacial score (nSPS) is 10.8. The monoisotopic (exact) mass is 327 g/mol. The maximum absolute atomic E-state index is 11.4. The average molecular weight is 327 g/mol. The van der Waals surface area contributed by atoms with Crippen molar-refractivity contribution in [3.05, 3.63) is 30.4 Å². The largest absolute Gasteiger partial charge is 0.477 e. The Labute approximate surface area is 138 Å². The van der Waals surface area contributed by atoms with Gasteiger partial charge in [-0.05, 0) is 19.1 Å². The molecular weight excluding hydrogens is 310 g/mol. The van der Waals surface area contributed by atoms with Crippen molar-refractivity contribution in [2.24, 2.45) is 14.1 Å². The minimum Gasteiger partial charge on any atom is -0.477 e. The zero-order valence-electron chi connectivity index (χ0n) is 13.6. The first-order valence-electron chi connectivity index (χ1n) is 7.37. The maximum Gasteiger partial charge on any atom is 0.354 e. The molecular formula is C15H17N7O2. The molecule has 0 radical (unpaired) electrons. The zero-order chi connectivity index (χ0) is 17.3. The van der Waals surface area contributed by atoms with Crippen molar-refractivity contribution >= 4 is 11.8 Å². The summed E-state index contributed by atoms with van der Waals surface area (Å²) in [4.78, 5) is 15.5. The van der Waals surface area contributed by atoms with E-state index in [1.807, 2.05) is 14.0 Å². The van der Waals surface area contributed by atoms with E-state index in [-0.39, 0.29) is 5.69 Å². The maximum atomic E-state index is 11.4. The van der Waals surface area contributed by atoms with Gasteiger partial charge in [0.1, 0.15) is 12.1 Å². The third-order valence-electron chi connectivity index (χ3n) is 3.57. The number of rotatable bonds is 5. The summed E-state index contributed by atoms with van der Waals surface area (Å²) in [6.45, 7) is 2.56. The Kier molecular flexibility index (Phi) is 3.98. The van der Waals surface area contributed by atoms with E-state index in [9.17, 15) is 9.90 Å². The molecule has 0 aromatic carbocycles. The second-order valence-electron chi connectivity index (χ2n) is 5.26. The van der Waals surface area contributed by atoms with Gasteiger partial charge in [0.2, 0.25) is 0 Å². The number of carboxylic acids is 1. The van der Waals surface area contributed by atoms with E-state index in [1.165, 1.54) is 6.07 Å². The van der Waals surface area contributed by atoms with Gasteiger partial charge >= 0.3 is 5.97 Å². The first-order valence-corrected chi connectivity index (χ1v) is 7.37. The van der Waals surface area contributed by atoms with Crippen LogP contribution in [0.25, 0.3) is 22.6 Å². The molecule has 0 spiro atoms. The first-order chi connectivity index (χ1) is 11.5. The molecule has 0 aliphatic heterocycles. The summed E-state index contributed by atoms with van der Waals surface area (Å²) in [5.74, 6) is 0.0627. The van der Waals surface area contributed by atoms with Crippen LogP contribution in [0.15, 0.2) is 24.7 Å². The molecule has 3 aromatic heterocycles. The first kappa shape index (κ1) is 15.7. The fourth-order valence-corrected chi connectivity index (χ4v) is 2.52.